The highest BCUT2D eigenvalue weighted by Crippen LogP contribution is 2.27. The lowest BCUT2D eigenvalue weighted by Crippen LogP contribution is -2.86. The summed E-state index contributed by atoms with van der Waals surface area (Å²) in [5.74, 6) is 0. The quantitative estimate of drug-likeness (QED) is 0.765. The zero-order valence-corrected chi connectivity index (χ0v) is 9.48. The number of quaternary nitrogens is 1. The van der Waals surface area contributed by atoms with E-state index in [2.05, 4.69) is 11.4 Å². The number of halogens is 2. The molecule has 0 amide bonds. The average molecular weight is 231 g/mol. The molecule has 3 heteroatoms. The maximum Gasteiger partial charge on any atom is 0.113 e. The molecule has 0 unspecified atom stereocenters. The van der Waals surface area contributed by atoms with Crippen molar-refractivity contribution in [1.29, 1.82) is 0 Å². The van der Waals surface area contributed by atoms with Crippen molar-refractivity contribution in [1.82, 2.24) is 0 Å². The molecule has 1 aliphatic heterocycles. The van der Waals surface area contributed by atoms with E-state index in [9.17, 15) is 0 Å². The van der Waals surface area contributed by atoms with Crippen LogP contribution in [0.4, 0.5) is 0 Å². The third kappa shape index (κ3) is 2.22. The van der Waals surface area contributed by atoms with Gasteiger partial charge in [-0.1, -0.05) is 29.3 Å². The third-order valence-electron chi connectivity index (χ3n) is 2.78. The van der Waals surface area contributed by atoms with Crippen molar-refractivity contribution in [3.8, 4) is 0 Å². The summed E-state index contributed by atoms with van der Waals surface area (Å²) in [5.41, 5.74) is 1.23. The van der Waals surface area contributed by atoms with Gasteiger partial charge in [0.15, 0.2) is 0 Å². The number of hydrogen-bond acceptors (Lipinski definition) is 0. The molecule has 1 aromatic carbocycles. The van der Waals surface area contributed by atoms with Gasteiger partial charge in [0, 0.05) is 17.0 Å². The molecule has 1 saturated heterocycles. The molecule has 2 N–H and O–H groups in total. The standard InChI is InChI=1S/C11H13Cl2N/c12-8-4-5-9(10(13)7-8)11-3-1-2-6-14-11/h4-5,7,11,14H,1-3,6H2/p+1/t11-/m1/s1. The van der Waals surface area contributed by atoms with Gasteiger partial charge in [0.2, 0.25) is 0 Å². The van der Waals surface area contributed by atoms with Crippen LogP contribution in [-0.4, -0.2) is 6.54 Å². The Labute approximate surface area is 94.4 Å². The summed E-state index contributed by atoms with van der Waals surface area (Å²) < 4.78 is 0. The lowest BCUT2D eigenvalue weighted by atomic mass is 9.98. The second-order valence-corrected chi connectivity index (χ2v) is 4.64. The van der Waals surface area contributed by atoms with E-state index >= 15 is 0 Å². The molecule has 1 aromatic rings. The van der Waals surface area contributed by atoms with Crippen molar-refractivity contribution in [3.05, 3.63) is 33.8 Å². The summed E-state index contributed by atoms with van der Waals surface area (Å²) in [5, 5.41) is 3.90. The van der Waals surface area contributed by atoms with Crippen molar-refractivity contribution < 1.29 is 5.32 Å². The average Bonchev–Trinajstić information content (AvgIpc) is 2.19. The first-order valence-corrected chi connectivity index (χ1v) is 5.81. The van der Waals surface area contributed by atoms with Gasteiger partial charge in [-0.25, -0.2) is 0 Å². The van der Waals surface area contributed by atoms with Crippen LogP contribution in [0.25, 0.3) is 0 Å². The van der Waals surface area contributed by atoms with Crippen LogP contribution in [0.3, 0.4) is 0 Å². The van der Waals surface area contributed by atoms with E-state index in [1.807, 2.05) is 12.1 Å². The Morgan fingerprint density at radius 1 is 1.21 bits per heavy atom. The molecule has 1 heterocycles. The van der Waals surface area contributed by atoms with Gasteiger partial charge in [0.05, 0.1) is 11.6 Å². The fraction of sp³-hybridized carbons (Fsp3) is 0.455. The molecule has 76 valence electrons. The highest BCUT2D eigenvalue weighted by Gasteiger charge is 2.20. The predicted molar refractivity (Wildman–Crippen MR) is 59.8 cm³/mol. The number of nitrogens with two attached hydrogens (primary N) is 1. The van der Waals surface area contributed by atoms with Gasteiger partial charge < -0.3 is 5.32 Å². The Bertz CT molecular complexity index is 319. The lowest BCUT2D eigenvalue weighted by Gasteiger charge is -2.21. The first kappa shape index (κ1) is 10.3. The van der Waals surface area contributed by atoms with Crippen molar-refractivity contribution in [2.24, 2.45) is 0 Å². The summed E-state index contributed by atoms with van der Waals surface area (Å²) in [4.78, 5) is 0. The molecule has 1 atom stereocenters. The van der Waals surface area contributed by atoms with Crippen LogP contribution in [0.1, 0.15) is 30.9 Å². The van der Waals surface area contributed by atoms with E-state index in [1.54, 1.807) is 0 Å². The van der Waals surface area contributed by atoms with Crippen LogP contribution >= 0.6 is 23.2 Å². The largest absolute Gasteiger partial charge is 0.340 e. The molecule has 14 heavy (non-hydrogen) atoms. The maximum atomic E-state index is 6.16. The molecule has 1 aliphatic rings. The van der Waals surface area contributed by atoms with Crippen molar-refractivity contribution in [2.75, 3.05) is 6.54 Å². The topological polar surface area (TPSA) is 16.6 Å². The Balaban J connectivity index is 2.22. The van der Waals surface area contributed by atoms with Gasteiger partial charge in [-0.05, 0) is 25.0 Å². The van der Waals surface area contributed by atoms with E-state index in [1.165, 1.54) is 31.4 Å². The number of piperidine rings is 1. The summed E-state index contributed by atoms with van der Waals surface area (Å²) >= 11 is 12.0. The Kier molecular flexibility index (Phi) is 3.32. The molecule has 0 bridgehead atoms. The van der Waals surface area contributed by atoms with Gasteiger partial charge in [0.25, 0.3) is 0 Å². The molecule has 1 nitrogen and oxygen atoms in total. The molecule has 0 aromatic heterocycles. The highest BCUT2D eigenvalue weighted by molar-refractivity contribution is 6.35. The van der Waals surface area contributed by atoms with Gasteiger partial charge in [-0.15, -0.1) is 0 Å². The van der Waals surface area contributed by atoms with E-state index in [0.717, 1.165) is 10.0 Å². The van der Waals surface area contributed by atoms with Crippen LogP contribution < -0.4 is 5.32 Å². The second-order valence-electron chi connectivity index (χ2n) is 3.79. The smallest absolute Gasteiger partial charge is 0.113 e. The minimum atomic E-state index is 0.536. The van der Waals surface area contributed by atoms with Gasteiger partial charge in [-0.2, -0.15) is 0 Å². The van der Waals surface area contributed by atoms with Crippen molar-refractivity contribution in [3.63, 3.8) is 0 Å². The Hall–Kier alpha value is -0.240. The van der Waals surface area contributed by atoms with Crippen LogP contribution in [0.5, 0.6) is 0 Å². The van der Waals surface area contributed by atoms with Crippen LogP contribution in [0.2, 0.25) is 10.0 Å². The van der Waals surface area contributed by atoms with Crippen molar-refractivity contribution >= 4 is 23.2 Å². The minimum absolute atomic E-state index is 0.536. The minimum Gasteiger partial charge on any atom is -0.340 e. The second kappa shape index (κ2) is 4.52. The maximum absolute atomic E-state index is 6.16. The molecule has 0 aliphatic carbocycles. The third-order valence-corrected chi connectivity index (χ3v) is 3.34. The zero-order chi connectivity index (χ0) is 9.97. The van der Waals surface area contributed by atoms with Crippen LogP contribution in [-0.2, 0) is 0 Å². The highest BCUT2D eigenvalue weighted by atomic mass is 35.5. The number of benzene rings is 1. The van der Waals surface area contributed by atoms with Gasteiger partial charge in [0.1, 0.15) is 6.04 Å². The molecule has 1 fully saturated rings. The van der Waals surface area contributed by atoms with Crippen LogP contribution in [0, 0.1) is 0 Å². The summed E-state index contributed by atoms with van der Waals surface area (Å²) in [6, 6.07) is 6.34. The van der Waals surface area contributed by atoms with E-state index in [-0.39, 0.29) is 0 Å². The SMILES string of the molecule is Clc1ccc([C@H]2CCCC[NH2+]2)c(Cl)c1. The molecular formula is C11H14Cl2N+. The van der Waals surface area contributed by atoms with E-state index in [4.69, 9.17) is 23.2 Å². The fourth-order valence-electron chi connectivity index (χ4n) is 2.03. The molecule has 0 radical (unpaired) electrons. The molecular weight excluding hydrogens is 217 g/mol. The first-order valence-electron chi connectivity index (χ1n) is 5.05. The van der Waals surface area contributed by atoms with Crippen LogP contribution in [0.15, 0.2) is 18.2 Å². The first-order chi connectivity index (χ1) is 6.77. The summed E-state index contributed by atoms with van der Waals surface area (Å²) in [6.45, 7) is 1.21. The summed E-state index contributed by atoms with van der Waals surface area (Å²) in [6.07, 6.45) is 3.85. The number of hydrogen-bond donors (Lipinski definition) is 1. The Morgan fingerprint density at radius 2 is 2.07 bits per heavy atom. The fourth-order valence-corrected chi connectivity index (χ4v) is 2.58. The van der Waals surface area contributed by atoms with E-state index < -0.39 is 0 Å². The summed E-state index contributed by atoms with van der Waals surface area (Å²) in [7, 11) is 0. The van der Waals surface area contributed by atoms with E-state index in [0.29, 0.717) is 6.04 Å². The Morgan fingerprint density at radius 3 is 2.71 bits per heavy atom. The molecule has 2 rings (SSSR count). The van der Waals surface area contributed by atoms with Gasteiger partial charge in [-0.3, -0.25) is 0 Å². The van der Waals surface area contributed by atoms with Gasteiger partial charge >= 0.3 is 0 Å². The van der Waals surface area contributed by atoms with Crippen molar-refractivity contribution in [2.45, 2.75) is 25.3 Å². The zero-order valence-electron chi connectivity index (χ0n) is 7.97. The monoisotopic (exact) mass is 230 g/mol. The lowest BCUT2D eigenvalue weighted by molar-refractivity contribution is -0.704. The molecule has 0 spiro atoms. The normalized spacial score (nSPS) is 22.3. The predicted octanol–water partition coefficient (Wildman–Crippen LogP) is 2.78. The molecule has 0 saturated carbocycles. The number of rotatable bonds is 1.